The molecule has 0 fully saturated rings. The molecule has 0 bridgehead atoms. The maximum atomic E-state index is 12.3. The fourth-order valence-electron chi connectivity index (χ4n) is 2.77. The number of benzene rings is 2. The van der Waals surface area contributed by atoms with Gasteiger partial charge in [0.05, 0.1) is 21.5 Å². The molecule has 1 N–H and O–H groups in total. The second kappa shape index (κ2) is 9.73. The summed E-state index contributed by atoms with van der Waals surface area (Å²) in [6, 6.07) is 11.0. The Morgan fingerprint density at radius 3 is 2.53 bits per heavy atom. The molecule has 30 heavy (non-hydrogen) atoms. The lowest BCUT2D eigenvalue weighted by atomic mass is 10.1. The van der Waals surface area contributed by atoms with E-state index >= 15 is 0 Å². The average molecular weight is 465 g/mol. The van der Waals surface area contributed by atoms with Crippen molar-refractivity contribution in [3.05, 3.63) is 63.4 Å². The van der Waals surface area contributed by atoms with Gasteiger partial charge in [0.25, 0.3) is 0 Å². The van der Waals surface area contributed by atoms with Gasteiger partial charge in [0.1, 0.15) is 5.75 Å². The lowest BCUT2D eigenvalue weighted by Crippen LogP contribution is -2.15. The Bertz CT molecular complexity index is 1050. The summed E-state index contributed by atoms with van der Waals surface area (Å²) in [7, 11) is 1.85. The molecule has 0 aliphatic heterocycles. The number of rotatable bonds is 7. The van der Waals surface area contributed by atoms with Gasteiger partial charge in [-0.05, 0) is 56.2 Å². The second-order valence-corrected chi connectivity index (χ2v) is 8.60. The van der Waals surface area contributed by atoms with Crippen molar-refractivity contribution in [1.82, 2.24) is 14.8 Å². The standard InChI is InChI=1S/C21H22Cl2N4O2S/c1-12-8-9-15(10-13(12)2)29-14(3)20-25-26-21(27(20)4)30-11-18(28)24-19-16(22)6-5-7-17(19)23/h5-10,14H,11H2,1-4H3,(H,24,28). The van der Waals surface area contributed by atoms with Crippen LogP contribution in [0.3, 0.4) is 0 Å². The Morgan fingerprint density at radius 1 is 1.17 bits per heavy atom. The monoisotopic (exact) mass is 464 g/mol. The van der Waals surface area contributed by atoms with E-state index in [0.717, 1.165) is 5.75 Å². The van der Waals surface area contributed by atoms with E-state index in [1.54, 1.807) is 18.2 Å². The number of aromatic nitrogens is 3. The molecule has 158 valence electrons. The van der Waals surface area contributed by atoms with E-state index in [1.807, 2.05) is 43.7 Å². The zero-order valence-corrected chi connectivity index (χ0v) is 19.4. The van der Waals surface area contributed by atoms with Crippen molar-refractivity contribution in [1.29, 1.82) is 0 Å². The number of hydrogen-bond donors (Lipinski definition) is 1. The number of para-hydroxylation sites is 1. The molecule has 1 amide bonds. The van der Waals surface area contributed by atoms with E-state index in [0.29, 0.717) is 26.7 Å². The minimum Gasteiger partial charge on any atom is -0.483 e. The van der Waals surface area contributed by atoms with Gasteiger partial charge in [0, 0.05) is 7.05 Å². The summed E-state index contributed by atoms with van der Waals surface area (Å²) in [5.41, 5.74) is 2.78. The van der Waals surface area contributed by atoms with Crippen LogP contribution < -0.4 is 10.1 Å². The second-order valence-electron chi connectivity index (χ2n) is 6.84. The number of nitrogens with one attached hydrogen (secondary N) is 1. The summed E-state index contributed by atoms with van der Waals surface area (Å²) in [4.78, 5) is 12.3. The summed E-state index contributed by atoms with van der Waals surface area (Å²) in [6.45, 7) is 6.02. The van der Waals surface area contributed by atoms with Gasteiger partial charge in [-0.2, -0.15) is 0 Å². The first kappa shape index (κ1) is 22.5. The van der Waals surface area contributed by atoms with Crippen molar-refractivity contribution in [3.63, 3.8) is 0 Å². The molecular weight excluding hydrogens is 443 g/mol. The summed E-state index contributed by atoms with van der Waals surface area (Å²) >= 11 is 13.5. The lowest BCUT2D eigenvalue weighted by Gasteiger charge is -2.15. The van der Waals surface area contributed by atoms with Gasteiger partial charge in [-0.25, -0.2) is 0 Å². The van der Waals surface area contributed by atoms with Crippen molar-refractivity contribution in [2.24, 2.45) is 7.05 Å². The van der Waals surface area contributed by atoms with Gasteiger partial charge in [0.2, 0.25) is 5.91 Å². The summed E-state index contributed by atoms with van der Waals surface area (Å²) in [5, 5.41) is 12.5. The smallest absolute Gasteiger partial charge is 0.234 e. The van der Waals surface area contributed by atoms with E-state index in [1.165, 1.54) is 22.9 Å². The highest BCUT2D eigenvalue weighted by atomic mass is 35.5. The third kappa shape index (κ3) is 5.28. The number of amides is 1. The third-order valence-electron chi connectivity index (χ3n) is 4.58. The third-order valence-corrected chi connectivity index (χ3v) is 6.23. The van der Waals surface area contributed by atoms with Crippen LogP contribution in [0.2, 0.25) is 10.0 Å². The van der Waals surface area contributed by atoms with E-state index < -0.39 is 0 Å². The molecule has 0 spiro atoms. The predicted molar refractivity (Wildman–Crippen MR) is 122 cm³/mol. The predicted octanol–water partition coefficient (Wildman–Crippen LogP) is 5.61. The fourth-order valence-corrected chi connectivity index (χ4v) is 3.98. The Balaban J connectivity index is 1.62. The molecule has 1 atom stereocenters. The van der Waals surface area contributed by atoms with Crippen molar-refractivity contribution in [2.75, 3.05) is 11.1 Å². The maximum absolute atomic E-state index is 12.3. The van der Waals surface area contributed by atoms with Crippen LogP contribution in [0.1, 0.15) is 30.0 Å². The number of hydrogen-bond acceptors (Lipinski definition) is 5. The van der Waals surface area contributed by atoms with Crippen molar-refractivity contribution >= 4 is 46.6 Å². The van der Waals surface area contributed by atoms with E-state index in [9.17, 15) is 4.79 Å². The Hall–Kier alpha value is -2.22. The normalized spacial score (nSPS) is 11.9. The van der Waals surface area contributed by atoms with Gasteiger partial charge >= 0.3 is 0 Å². The minimum absolute atomic E-state index is 0.139. The van der Waals surface area contributed by atoms with Crippen LogP contribution in [0.5, 0.6) is 5.75 Å². The number of aryl methyl sites for hydroxylation is 2. The zero-order valence-electron chi connectivity index (χ0n) is 17.1. The van der Waals surface area contributed by atoms with Crippen LogP contribution in [0, 0.1) is 13.8 Å². The SMILES string of the molecule is Cc1ccc(OC(C)c2nnc(SCC(=O)Nc3c(Cl)cccc3Cl)n2C)cc1C. The average Bonchev–Trinajstić information content (AvgIpc) is 3.06. The Kier molecular flexibility index (Phi) is 7.28. The maximum Gasteiger partial charge on any atom is 0.234 e. The highest BCUT2D eigenvalue weighted by Crippen LogP contribution is 2.30. The molecule has 0 radical (unpaired) electrons. The number of ether oxygens (including phenoxy) is 1. The molecule has 1 aromatic heterocycles. The summed E-state index contributed by atoms with van der Waals surface area (Å²) in [5.74, 6) is 1.35. The van der Waals surface area contributed by atoms with Crippen LogP contribution in [0.4, 0.5) is 5.69 Å². The number of thioether (sulfide) groups is 1. The minimum atomic E-state index is -0.297. The molecule has 0 saturated carbocycles. The molecule has 1 heterocycles. The molecule has 0 aliphatic carbocycles. The highest BCUT2D eigenvalue weighted by Gasteiger charge is 2.19. The Labute approximate surface area is 189 Å². The Morgan fingerprint density at radius 2 is 1.87 bits per heavy atom. The topological polar surface area (TPSA) is 69.0 Å². The molecule has 3 rings (SSSR count). The largest absolute Gasteiger partial charge is 0.483 e. The van der Waals surface area contributed by atoms with E-state index in [4.69, 9.17) is 27.9 Å². The first-order valence-corrected chi connectivity index (χ1v) is 11.0. The van der Waals surface area contributed by atoms with Crippen LogP contribution in [0.25, 0.3) is 0 Å². The molecule has 3 aromatic rings. The molecule has 0 saturated heterocycles. The van der Waals surface area contributed by atoms with Gasteiger partial charge in [-0.1, -0.05) is 47.1 Å². The van der Waals surface area contributed by atoms with Crippen LogP contribution >= 0.6 is 35.0 Å². The molecule has 0 aliphatic rings. The van der Waals surface area contributed by atoms with Gasteiger partial charge in [-0.3, -0.25) is 4.79 Å². The molecule has 1 unspecified atom stereocenters. The van der Waals surface area contributed by atoms with Crippen LogP contribution in [-0.4, -0.2) is 26.4 Å². The van der Waals surface area contributed by atoms with E-state index in [2.05, 4.69) is 22.4 Å². The van der Waals surface area contributed by atoms with Crippen molar-refractivity contribution in [3.8, 4) is 5.75 Å². The van der Waals surface area contributed by atoms with Gasteiger partial charge in [-0.15, -0.1) is 10.2 Å². The fraction of sp³-hybridized carbons (Fsp3) is 0.286. The first-order valence-electron chi connectivity index (χ1n) is 9.26. The lowest BCUT2D eigenvalue weighted by molar-refractivity contribution is -0.113. The van der Waals surface area contributed by atoms with Gasteiger partial charge < -0.3 is 14.6 Å². The quantitative estimate of drug-likeness (QED) is 0.460. The molecule has 9 heteroatoms. The zero-order chi connectivity index (χ0) is 21.8. The number of carbonyl (C=O) groups excluding carboxylic acids is 1. The molecular formula is C21H22Cl2N4O2S. The number of carbonyl (C=O) groups is 1. The number of nitrogens with zero attached hydrogens (tertiary/aromatic N) is 3. The van der Waals surface area contributed by atoms with Crippen molar-refractivity contribution in [2.45, 2.75) is 32.0 Å². The van der Waals surface area contributed by atoms with Crippen LogP contribution in [-0.2, 0) is 11.8 Å². The van der Waals surface area contributed by atoms with E-state index in [-0.39, 0.29) is 17.8 Å². The number of anilines is 1. The summed E-state index contributed by atoms with van der Waals surface area (Å²) < 4.78 is 7.85. The van der Waals surface area contributed by atoms with Crippen molar-refractivity contribution < 1.29 is 9.53 Å². The van der Waals surface area contributed by atoms with Gasteiger partial charge in [0.15, 0.2) is 17.1 Å². The summed E-state index contributed by atoms with van der Waals surface area (Å²) in [6.07, 6.45) is -0.297. The molecule has 2 aromatic carbocycles. The van der Waals surface area contributed by atoms with Crippen LogP contribution in [0.15, 0.2) is 41.6 Å². The highest BCUT2D eigenvalue weighted by molar-refractivity contribution is 7.99. The number of halogens is 2. The first-order chi connectivity index (χ1) is 14.3. The molecule has 6 nitrogen and oxygen atoms in total.